The molecule has 2 radical (unpaired) electrons. The summed E-state index contributed by atoms with van der Waals surface area (Å²) in [5, 5.41) is 23.6. The first-order valence-corrected chi connectivity index (χ1v) is 24.5. The van der Waals surface area contributed by atoms with Crippen molar-refractivity contribution in [1.82, 2.24) is 10.6 Å². The van der Waals surface area contributed by atoms with E-state index >= 15 is 0 Å². The standard InChI is InChI=1S/2C26H43NO3.Ca/c2*1-2-3-4-5-6-7-8-9-10-11-12-13-14-15-16-17-22-27-25(28)23-18-20-24(21-19-23)26(29)30;/h2*18-21H,2-17,22H2,1H3,(H,27,28)(H,29,30);. The van der Waals surface area contributed by atoms with Crippen molar-refractivity contribution in [2.45, 2.75) is 219 Å². The molecule has 2 aromatic carbocycles. The van der Waals surface area contributed by atoms with Gasteiger partial charge in [0.1, 0.15) is 0 Å². The SMILES string of the molecule is CCCCCCCCCCCCCCCCCCNC(=O)c1ccc(C(=O)O)cc1.CCCCCCCCCCCCCCCCCCNC(=O)c1ccc(C(=O)O)cc1.[Ca]. The molecule has 2 amide bonds. The van der Waals surface area contributed by atoms with Gasteiger partial charge in [-0.05, 0) is 61.4 Å². The van der Waals surface area contributed by atoms with Gasteiger partial charge in [0, 0.05) is 62.0 Å². The molecule has 0 unspecified atom stereocenters. The summed E-state index contributed by atoms with van der Waals surface area (Å²) in [6.07, 6.45) is 42.8. The molecule has 4 N–H and O–H groups in total. The fraction of sp³-hybridized carbons (Fsp3) is 0.692. The largest absolute Gasteiger partial charge is 0.478 e. The van der Waals surface area contributed by atoms with Crippen LogP contribution in [0.4, 0.5) is 0 Å². The van der Waals surface area contributed by atoms with E-state index in [1.54, 1.807) is 24.3 Å². The molecule has 2 rings (SSSR count). The third-order valence-corrected chi connectivity index (χ3v) is 11.4. The zero-order valence-corrected chi connectivity index (χ0v) is 41.1. The third-order valence-electron chi connectivity index (χ3n) is 11.4. The molecule has 0 heterocycles. The first kappa shape index (κ1) is 58.6. The number of benzene rings is 2. The molecule has 0 fully saturated rings. The van der Waals surface area contributed by atoms with Gasteiger partial charge in [0.05, 0.1) is 11.1 Å². The Bertz CT molecular complexity index is 1250. The van der Waals surface area contributed by atoms with Crippen LogP contribution in [0.25, 0.3) is 0 Å². The zero-order valence-electron chi connectivity index (χ0n) is 38.9. The molecular weight excluding hydrogens is 789 g/mol. The number of amides is 2. The van der Waals surface area contributed by atoms with Crippen molar-refractivity contribution in [2.24, 2.45) is 0 Å². The Morgan fingerprint density at radius 1 is 0.328 bits per heavy atom. The summed E-state index contributed by atoms with van der Waals surface area (Å²) in [7, 11) is 0. The minimum atomic E-state index is -0.977. The molecule has 0 bridgehead atoms. The molecule has 0 saturated carbocycles. The Labute approximate surface area is 402 Å². The van der Waals surface area contributed by atoms with Crippen LogP contribution in [0.2, 0.25) is 0 Å². The van der Waals surface area contributed by atoms with Gasteiger partial charge in [-0.25, -0.2) is 9.59 Å². The monoisotopic (exact) mass is 875 g/mol. The van der Waals surface area contributed by atoms with E-state index in [1.165, 1.54) is 204 Å². The Hall–Kier alpha value is -2.42. The number of carbonyl (C=O) groups excluding carboxylic acids is 2. The van der Waals surface area contributed by atoms with Crippen LogP contribution in [-0.4, -0.2) is 84.8 Å². The number of nitrogens with one attached hydrogen (secondary N) is 2. The predicted octanol–water partition coefficient (Wildman–Crippen LogP) is 14.4. The van der Waals surface area contributed by atoms with Gasteiger partial charge in [-0.15, -0.1) is 0 Å². The summed E-state index contributed by atoms with van der Waals surface area (Å²) in [6.45, 7) is 5.90. The van der Waals surface area contributed by atoms with E-state index < -0.39 is 11.9 Å². The van der Waals surface area contributed by atoms with Crippen molar-refractivity contribution in [1.29, 1.82) is 0 Å². The second-order valence-corrected chi connectivity index (χ2v) is 16.9. The Morgan fingerprint density at radius 2 is 0.508 bits per heavy atom. The molecule has 0 aliphatic rings. The topological polar surface area (TPSA) is 133 Å². The van der Waals surface area contributed by atoms with Gasteiger partial charge in [-0.2, -0.15) is 0 Å². The number of carboxylic acid groups (broad SMARTS) is 2. The molecule has 61 heavy (non-hydrogen) atoms. The van der Waals surface area contributed by atoms with Crippen molar-refractivity contribution in [3.8, 4) is 0 Å². The first-order chi connectivity index (χ1) is 29.3. The molecule has 0 atom stereocenters. The van der Waals surface area contributed by atoms with Crippen molar-refractivity contribution in [3.63, 3.8) is 0 Å². The maximum atomic E-state index is 12.0. The first-order valence-electron chi connectivity index (χ1n) is 24.5. The van der Waals surface area contributed by atoms with Crippen LogP contribution in [0.5, 0.6) is 0 Å². The van der Waals surface area contributed by atoms with E-state index in [9.17, 15) is 19.2 Å². The summed E-state index contributed by atoms with van der Waals surface area (Å²) in [5.74, 6) is -2.22. The van der Waals surface area contributed by atoms with Crippen LogP contribution >= 0.6 is 0 Å². The number of unbranched alkanes of at least 4 members (excludes halogenated alkanes) is 30. The van der Waals surface area contributed by atoms with Crippen LogP contribution in [0, 0.1) is 0 Å². The summed E-state index contributed by atoms with van der Waals surface area (Å²) in [6, 6.07) is 12.1. The van der Waals surface area contributed by atoms with E-state index in [0.29, 0.717) is 24.2 Å². The maximum absolute atomic E-state index is 12.0. The molecule has 8 nitrogen and oxygen atoms in total. The average Bonchev–Trinajstić information content (AvgIpc) is 3.26. The van der Waals surface area contributed by atoms with Gasteiger partial charge >= 0.3 is 11.9 Å². The summed E-state index contributed by atoms with van der Waals surface area (Å²) in [5.41, 5.74) is 1.42. The molecule has 0 aliphatic carbocycles. The van der Waals surface area contributed by atoms with Gasteiger partial charge in [-0.1, -0.05) is 206 Å². The summed E-state index contributed by atoms with van der Waals surface area (Å²) >= 11 is 0. The molecular formula is C52H86CaN2O6. The molecule has 0 spiro atoms. The van der Waals surface area contributed by atoms with E-state index in [1.807, 2.05) is 0 Å². The average molecular weight is 875 g/mol. The summed E-state index contributed by atoms with van der Waals surface area (Å²) < 4.78 is 0. The molecule has 0 saturated heterocycles. The molecule has 9 heteroatoms. The Kier molecular flexibility index (Phi) is 41.2. The minimum Gasteiger partial charge on any atom is -0.478 e. The maximum Gasteiger partial charge on any atom is 0.335 e. The van der Waals surface area contributed by atoms with Crippen molar-refractivity contribution in [2.75, 3.05) is 13.1 Å². The minimum absolute atomic E-state index is 0. The number of aromatic carboxylic acids is 2. The second-order valence-electron chi connectivity index (χ2n) is 16.9. The zero-order chi connectivity index (χ0) is 43.7. The smallest absolute Gasteiger partial charge is 0.335 e. The van der Waals surface area contributed by atoms with E-state index in [2.05, 4.69) is 24.5 Å². The van der Waals surface area contributed by atoms with Gasteiger partial charge < -0.3 is 20.8 Å². The van der Waals surface area contributed by atoms with Gasteiger partial charge in [0.2, 0.25) is 0 Å². The van der Waals surface area contributed by atoms with Crippen LogP contribution in [0.3, 0.4) is 0 Å². The second kappa shape index (κ2) is 42.9. The van der Waals surface area contributed by atoms with Crippen LogP contribution in [-0.2, 0) is 0 Å². The predicted molar refractivity (Wildman–Crippen MR) is 256 cm³/mol. The number of carbonyl (C=O) groups is 4. The fourth-order valence-electron chi connectivity index (χ4n) is 7.48. The molecule has 0 aliphatic heterocycles. The van der Waals surface area contributed by atoms with E-state index in [4.69, 9.17) is 10.2 Å². The normalized spacial score (nSPS) is 10.7. The third kappa shape index (κ3) is 34.7. The fourth-order valence-corrected chi connectivity index (χ4v) is 7.48. The van der Waals surface area contributed by atoms with Gasteiger partial charge in [0.25, 0.3) is 11.8 Å². The number of hydrogen-bond donors (Lipinski definition) is 4. The number of hydrogen-bond acceptors (Lipinski definition) is 4. The molecule has 342 valence electrons. The van der Waals surface area contributed by atoms with E-state index in [-0.39, 0.29) is 60.7 Å². The molecule has 2 aromatic rings. The van der Waals surface area contributed by atoms with E-state index in [0.717, 1.165) is 25.7 Å². The molecule has 0 aromatic heterocycles. The Morgan fingerprint density at radius 3 is 0.705 bits per heavy atom. The van der Waals surface area contributed by atoms with Crippen molar-refractivity contribution < 1.29 is 29.4 Å². The van der Waals surface area contributed by atoms with Gasteiger partial charge in [-0.3, -0.25) is 9.59 Å². The van der Waals surface area contributed by atoms with Crippen LogP contribution < -0.4 is 10.6 Å². The Balaban J connectivity index is 0.00000116. The van der Waals surface area contributed by atoms with Crippen LogP contribution in [0.1, 0.15) is 261 Å². The number of rotatable bonds is 38. The van der Waals surface area contributed by atoms with Crippen LogP contribution in [0.15, 0.2) is 48.5 Å². The van der Waals surface area contributed by atoms with Crippen molar-refractivity contribution >= 4 is 61.5 Å². The summed E-state index contributed by atoms with van der Waals surface area (Å²) in [4.78, 5) is 45.7. The van der Waals surface area contributed by atoms with Crippen molar-refractivity contribution in [3.05, 3.63) is 70.8 Å². The van der Waals surface area contributed by atoms with Gasteiger partial charge in [0.15, 0.2) is 0 Å². The quantitative estimate of drug-likeness (QED) is 0.0392. The number of carboxylic acids is 2.